The molecule has 0 atom stereocenters. The minimum Gasteiger partial charge on any atom is -0.338 e. The molecule has 1 heterocycles. The normalized spacial score (nSPS) is 12.0. The van der Waals surface area contributed by atoms with Gasteiger partial charge >= 0.3 is 0 Å². The highest BCUT2D eigenvalue weighted by atomic mass is 79.9. The molecule has 0 radical (unpaired) electrons. The standard InChI is InChI=1S/C14H10BrFN2O2S/c1-21(19,20)9-4-2-8(3-5-9)14-17-12-6-10(15)11(16)7-13(12)18-14/h2-7H,1H3,(H,17,18). The van der Waals surface area contributed by atoms with Gasteiger partial charge in [-0.2, -0.15) is 0 Å². The van der Waals surface area contributed by atoms with Gasteiger partial charge in [-0.3, -0.25) is 0 Å². The lowest BCUT2D eigenvalue weighted by Gasteiger charge is -1.99. The van der Waals surface area contributed by atoms with Crippen LogP contribution in [0.25, 0.3) is 22.4 Å². The predicted octanol–water partition coefficient (Wildman–Crippen LogP) is 3.54. The molecule has 1 aromatic heterocycles. The molecule has 0 spiro atoms. The first-order valence-corrected chi connectivity index (χ1v) is 8.68. The van der Waals surface area contributed by atoms with Gasteiger partial charge in [0.15, 0.2) is 9.84 Å². The van der Waals surface area contributed by atoms with Crippen molar-refractivity contribution >= 4 is 36.8 Å². The highest BCUT2D eigenvalue weighted by molar-refractivity contribution is 9.10. The van der Waals surface area contributed by atoms with Gasteiger partial charge in [0.25, 0.3) is 0 Å². The third kappa shape index (κ3) is 2.71. The SMILES string of the molecule is CS(=O)(=O)c1ccc(-c2nc3cc(Br)c(F)cc3[nH]2)cc1. The Kier molecular flexibility index (Phi) is 3.33. The third-order valence-electron chi connectivity index (χ3n) is 3.08. The maximum atomic E-state index is 13.5. The van der Waals surface area contributed by atoms with Gasteiger partial charge in [0.1, 0.15) is 11.6 Å². The van der Waals surface area contributed by atoms with E-state index in [2.05, 4.69) is 25.9 Å². The monoisotopic (exact) mass is 368 g/mol. The second kappa shape index (κ2) is 4.92. The Morgan fingerprint density at radius 3 is 2.48 bits per heavy atom. The Labute approximate surface area is 129 Å². The van der Waals surface area contributed by atoms with Crippen molar-refractivity contribution in [3.05, 3.63) is 46.7 Å². The highest BCUT2D eigenvalue weighted by Gasteiger charge is 2.11. The summed E-state index contributed by atoms with van der Waals surface area (Å²) in [5, 5.41) is 0. The zero-order valence-electron chi connectivity index (χ0n) is 10.9. The van der Waals surface area contributed by atoms with E-state index in [1.165, 1.54) is 18.2 Å². The molecule has 0 aliphatic heterocycles. The topological polar surface area (TPSA) is 62.8 Å². The van der Waals surface area contributed by atoms with Crippen LogP contribution in [0.2, 0.25) is 0 Å². The summed E-state index contributed by atoms with van der Waals surface area (Å²) in [7, 11) is -3.22. The van der Waals surface area contributed by atoms with Crippen LogP contribution in [-0.4, -0.2) is 24.6 Å². The fourth-order valence-corrected chi connectivity index (χ4v) is 2.96. The van der Waals surface area contributed by atoms with Gasteiger partial charge in [0, 0.05) is 17.9 Å². The number of nitrogens with one attached hydrogen (secondary N) is 1. The lowest BCUT2D eigenvalue weighted by molar-refractivity contribution is 0.602. The van der Waals surface area contributed by atoms with E-state index in [0.717, 1.165) is 11.8 Å². The first kappa shape index (κ1) is 14.2. The van der Waals surface area contributed by atoms with Crippen molar-refractivity contribution in [1.29, 1.82) is 0 Å². The van der Waals surface area contributed by atoms with E-state index in [0.29, 0.717) is 21.3 Å². The van der Waals surface area contributed by atoms with Crippen LogP contribution in [0, 0.1) is 5.82 Å². The van der Waals surface area contributed by atoms with Gasteiger partial charge in [-0.1, -0.05) is 0 Å². The largest absolute Gasteiger partial charge is 0.338 e. The Hall–Kier alpha value is -1.73. The zero-order chi connectivity index (χ0) is 15.2. The Balaban J connectivity index is 2.08. The average molecular weight is 369 g/mol. The molecule has 1 N–H and O–H groups in total. The molecule has 0 saturated carbocycles. The number of nitrogens with zero attached hydrogens (tertiary/aromatic N) is 1. The van der Waals surface area contributed by atoms with Crippen molar-refractivity contribution in [1.82, 2.24) is 9.97 Å². The number of aromatic nitrogens is 2. The summed E-state index contributed by atoms with van der Waals surface area (Å²) < 4.78 is 36.7. The van der Waals surface area contributed by atoms with E-state index in [1.807, 2.05) is 0 Å². The molecule has 0 amide bonds. The van der Waals surface area contributed by atoms with Crippen molar-refractivity contribution in [3.8, 4) is 11.4 Å². The van der Waals surface area contributed by atoms with E-state index >= 15 is 0 Å². The number of benzene rings is 2. The van der Waals surface area contributed by atoms with Crippen LogP contribution >= 0.6 is 15.9 Å². The number of H-pyrrole nitrogens is 1. The molecule has 0 aliphatic rings. The summed E-state index contributed by atoms with van der Waals surface area (Å²) in [4.78, 5) is 7.64. The van der Waals surface area contributed by atoms with Crippen molar-refractivity contribution in [2.45, 2.75) is 4.90 Å². The molecule has 3 aromatic rings. The van der Waals surface area contributed by atoms with Gasteiger partial charge in [-0.25, -0.2) is 17.8 Å². The van der Waals surface area contributed by atoms with E-state index in [-0.39, 0.29) is 10.7 Å². The number of rotatable bonds is 2. The molecule has 0 fully saturated rings. The molecule has 21 heavy (non-hydrogen) atoms. The molecule has 0 unspecified atom stereocenters. The quantitative estimate of drug-likeness (QED) is 0.752. The molecule has 0 aliphatic carbocycles. The first-order valence-electron chi connectivity index (χ1n) is 6.00. The second-order valence-electron chi connectivity index (χ2n) is 4.67. The van der Waals surface area contributed by atoms with Crippen molar-refractivity contribution in [3.63, 3.8) is 0 Å². The maximum Gasteiger partial charge on any atom is 0.175 e. The summed E-state index contributed by atoms with van der Waals surface area (Å²) in [5.74, 6) is 0.188. The van der Waals surface area contributed by atoms with Gasteiger partial charge < -0.3 is 4.98 Å². The van der Waals surface area contributed by atoms with Crippen LogP contribution in [-0.2, 0) is 9.84 Å². The molecule has 0 bridgehead atoms. The molecule has 7 heteroatoms. The fourth-order valence-electron chi connectivity index (χ4n) is 2.00. The summed E-state index contributed by atoms with van der Waals surface area (Å²) in [6.45, 7) is 0. The molecule has 4 nitrogen and oxygen atoms in total. The number of halogens is 2. The first-order chi connectivity index (χ1) is 9.84. The summed E-state index contributed by atoms with van der Waals surface area (Å²) in [5.41, 5.74) is 1.94. The molecule has 3 rings (SSSR count). The smallest absolute Gasteiger partial charge is 0.175 e. The van der Waals surface area contributed by atoms with Crippen LogP contribution < -0.4 is 0 Å². The van der Waals surface area contributed by atoms with Gasteiger partial charge in [-0.15, -0.1) is 0 Å². The molecule has 2 aromatic carbocycles. The van der Waals surface area contributed by atoms with Gasteiger partial charge in [0.2, 0.25) is 0 Å². The van der Waals surface area contributed by atoms with Crippen molar-refractivity contribution in [2.75, 3.05) is 6.26 Å². The van der Waals surface area contributed by atoms with Gasteiger partial charge in [-0.05, 0) is 46.3 Å². The van der Waals surface area contributed by atoms with Crippen LogP contribution in [0.3, 0.4) is 0 Å². The van der Waals surface area contributed by atoms with E-state index in [1.54, 1.807) is 18.2 Å². The average Bonchev–Trinajstić information content (AvgIpc) is 2.81. The number of fused-ring (bicyclic) bond motifs is 1. The Bertz CT molecular complexity index is 895. The number of imidazole rings is 1. The maximum absolute atomic E-state index is 13.5. The zero-order valence-corrected chi connectivity index (χ0v) is 13.3. The number of hydrogen-bond donors (Lipinski definition) is 1. The second-order valence-corrected chi connectivity index (χ2v) is 7.54. The third-order valence-corrected chi connectivity index (χ3v) is 4.82. The van der Waals surface area contributed by atoms with E-state index in [4.69, 9.17) is 0 Å². The fraction of sp³-hybridized carbons (Fsp3) is 0.0714. The van der Waals surface area contributed by atoms with Crippen LogP contribution in [0.1, 0.15) is 0 Å². The minimum atomic E-state index is -3.22. The summed E-state index contributed by atoms with van der Waals surface area (Å²) in [6.07, 6.45) is 1.16. The number of sulfone groups is 1. The lowest BCUT2D eigenvalue weighted by atomic mass is 10.2. The van der Waals surface area contributed by atoms with Crippen LogP contribution in [0.4, 0.5) is 4.39 Å². The number of aromatic amines is 1. The summed E-state index contributed by atoms with van der Waals surface area (Å²) in [6, 6.07) is 9.33. The van der Waals surface area contributed by atoms with Gasteiger partial charge in [0.05, 0.1) is 20.4 Å². The number of hydrogen-bond acceptors (Lipinski definition) is 3. The summed E-state index contributed by atoms with van der Waals surface area (Å²) >= 11 is 3.12. The molecular weight excluding hydrogens is 359 g/mol. The highest BCUT2D eigenvalue weighted by Crippen LogP contribution is 2.26. The Morgan fingerprint density at radius 2 is 1.86 bits per heavy atom. The molecule has 0 saturated heterocycles. The lowest BCUT2D eigenvalue weighted by Crippen LogP contribution is -1.96. The van der Waals surface area contributed by atoms with Crippen LogP contribution in [0.5, 0.6) is 0 Å². The molecular formula is C14H10BrFN2O2S. The molecule has 108 valence electrons. The van der Waals surface area contributed by atoms with Crippen molar-refractivity contribution < 1.29 is 12.8 Å². The Morgan fingerprint density at radius 1 is 1.19 bits per heavy atom. The van der Waals surface area contributed by atoms with Crippen LogP contribution in [0.15, 0.2) is 45.8 Å². The minimum absolute atomic E-state index is 0.246. The van der Waals surface area contributed by atoms with Crippen molar-refractivity contribution in [2.24, 2.45) is 0 Å². The van der Waals surface area contributed by atoms with E-state index in [9.17, 15) is 12.8 Å². The predicted molar refractivity (Wildman–Crippen MR) is 82.3 cm³/mol. The van der Waals surface area contributed by atoms with E-state index < -0.39 is 9.84 Å².